The predicted octanol–water partition coefficient (Wildman–Crippen LogP) is 2.57. The Hall–Kier alpha value is -1.20. The van der Waals surface area contributed by atoms with Crippen molar-refractivity contribution in [1.29, 1.82) is 0 Å². The minimum absolute atomic E-state index is 0.0484. The Morgan fingerprint density at radius 3 is 2.50 bits per heavy atom. The van der Waals surface area contributed by atoms with Gasteiger partial charge in [0.25, 0.3) is 5.91 Å². The molecule has 0 aromatic heterocycles. The second kappa shape index (κ2) is 7.55. The highest BCUT2D eigenvalue weighted by molar-refractivity contribution is 7.80. The first kappa shape index (κ1) is 16.9. The number of thiol groups is 1. The molecule has 0 N–H and O–H groups in total. The predicted molar refractivity (Wildman–Crippen MR) is 83.6 cm³/mol. The van der Waals surface area contributed by atoms with Gasteiger partial charge in [-0.05, 0) is 24.6 Å². The van der Waals surface area contributed by atoms with Crippen LogP contribution in [0.15, 0.2) is 23.1 Å². The van der Waals surface area contributed by atoms with Crippen LogP contribution in [0.5, 0.6) is 0 Å². The number of halogens is 1. The highest BCUT2D eigenvalue weighted by atomic mass is 35.5. The van der Waals surface area contributed by atoms with Crippen molar-refractivity contribution in [2.75, 3.05) is 27.2 Å². The van der Waals surface area contributed by atoms with Crippen LogP contribution in [0.4, 0.5) is 0 Å². The Bertz CT molecular complexity index is 506. The lowest BCUT2D eigenvalue weighted by Crippen LogP contribution is -2.40. The van der Waals surface area contributed by atoms with Gasteiger partial charge in [-0.1, -0.05) is 18.5 Å². The number of rotatable bonds is 5. The minimum Gasteiger partial charge on any atom is -0.347 e. The third-order valence-electron chi connectivity index (χ3n) is 2.79. The zero-order valence-electron chi connectivity index (χ0n) is 11.9. The molecule has 6 heteroatoms. The van der Waals surface area contributed by atoms with Crippen molar-refractivity contribution in [2.45, 2.75) is 18.2 Å². The van der Waals surface area contributed by atoms with Crippen LogP contribution < -0.4 is 0 Å². The van der Waals surface area contributed by atoms with Crippen LogP contribution in [-0.2, 0) is 4.79 Å². The summed E-state index contributed by atoms with van der Waals surface area (Å²) in [6.45, 7) is 2.51. The standard InChI is InChI=1S/C14H19ClN2O2S/c1-4-7-17(9-13(18)16(2)3)14(19)11-8-10(20)5-6-12(11)15/h5-6,8,20H,4,7,9H2,1-3H3. The first-order chi connectivity index (χ1) is 9.36. The molecule has 0 saturated carbocycles. The van der Waals surface area contributed by atoms with Crippen molar-refractivity contribution in [3.8, 4) is 0 Å². The molecular formula is C14H19ClN2O2S. The molecule has 20 heavy (non-hydrogen) atoms. The molecule has 0 fully saturated rings. The Morgan fingerprint density at radius 2 is 1.95 bits per heavy atom. The molecule has 0 aliphatic rings. The van der Waals surface area contributed by atoms with Gasteiger partial charge in [0, 0.05) is 25.5 Å². The maximum atomic E-state index is 12.5. The van der Waals surface area contributed by atoms with E-state index in [9.17, 15) is 9.59 Å². The molecule has 0 saturated heterocycles. The summed E-state index contributed by atoms with van der Waals surface area (Å²) in [6.07, 6.45) is 0.768. The number of hydrogen-bond acceptors (Lipinski definition) is 3. The van der Waals surface area contributed by atoms with E-state index in [1.165, 1.54) is 9.80 Å². The van der Waals surface area contributed by atoms with E-state index >= 15 is 0 Å². The fourth-order valence-electron chi connectivity index (χ4n) is 1.67. The van der Waals surface area contributed by atoms with Gasteiger partial charge in [-0.25, -0.2) is 0 Å². The number of carbonyl (C=O) groups is 2. The lowest BCUT2D eigenvalue weighted by molar-refractivity contribution is -0.129. The summed E-state index contributed by atoms with van der Waals surface area (Å²) >= 11 is 10.3. The summed E-state index contributed by atoms with van der Waals surface area (Å²) in [6, 6.07) is 4.98. The van der Waals surface area contributed by atoms with E-state index in [-0.39, 0.29) is 18.4 Å². The summed E-state index contributed by atoms with van der Waals surface area (Å²) in [4.78, 5) is 27.9. The lowest BCUT2D eigenvalue weighted by Gasteiger charge is -2.24. The van der Waals surface area contributed by atoms with Crippen molar-refractivity contribution in [3.63, 3.8) is 0 Å². The molecule has 0 aliphatic carbocycles. The molecule has 0 radical (unpaired) electrons. The number of carbonyl (C=O) groups excluding carboxylic acids is 2. The molecule has 1 aromatic rings. The smallest absolute Gasteiger partial charge is 0.255 e. The van der Waals surface area contributed by atoms with E-state index in [4.69, 9.17) is 11.6 Å². The average Bonchev–Trinajstić information content (AvgIpc) is 2.40. The molecule has 0 heterocycles. The Kier molecular flexibility index (Phi) is 6.36. The van der Waals surface area contributed by atoms with Crippen LogP contribution in [0.3, 0.4) is 0 Å². The molecule has 0 bridgehead atoms. The van der Waals surface area contributed by atoms with Crippen LogP contribution in [0.25, 0.3) is 0 Å². The topological polar surface area (TPSA) is 40.6 Å². The fraction of sp³-hybridized carbons (Fsp3) is 0.429. The van der Waals surface area contributed by atoms with E-state index in [1.807, 2.05) is 6.92 Å². The minimum atomic E-state index is -0.247. The second-order valence-electron chi connectivity index (χ2n) is 4.68. The van der Waals surface area contributed by atoms with Crippen molar-refractivity contribution in [3.05, 3.63) is 28.8 Å². The normalized spacial score (nSPS) is 10.2. The second-order valence-corrected chi connectivity index (χ2v) is 5.60. The van der Waals surface area contributed by atoms with Gasteiger partial charge in [-0.3, -0.25) is 9.59 Å². The Balaban J connectivity index is 2.99. The van der Waals surface area contributed by atoms with Gasteiger partial charge in [0.15, 0.2) is 0 Å². The number of benzene rings is 1. The number of nitrogens with zero attached hydrogens (tertiary/aromatic N) is 2. The summed E-state index contributed by atoms with van der Waals surface area (Å²) in [5.41, 5.74) is 0.374. The van der Waals surface area contributed by atoms with Gasteiger partial charge in [0.2, 0.25) is 5.91 Å². The van der Waals surface area contributed by atoms with Crippen LogP contribution >= 0.6 is 24.2 Å². The van der Waals surface area contributed by atoms with E-state index in [1.54, 1.807) is 32.3 Å². The molecule has 1 rings (SSSR count). The fourth-order valence-corrected chi connectivity index (χ4v) is 2.08. The largest absolute Gasteiger partial charge is 0.347 e. The van der Waals surface area contributed by atoms with Crippen LogP contribution in [0, 0.1) is 0 Å². The summed E-state index contributed by atoms with van der Waals surface area (Å²) in [5, 5.41) is 0.367. The number of amides is 2. The molecular weight excluding hydrogens is 296 g/mol. The quantitative estimate of drug-likeness (QED) is 0.849. The van der Waals surface area contributed by atoms with Gasteiger partial charge in [-0.2, -0.15) is 0 Å². The highest BCUT2D eigenvalue weighted by Gasteiger charge is 2.21. The third-order valence-corrected chi connectivity index (χ3v) is 3.39. The van der Waals surface area contributed by atoms with Crippen LogP contribution in [-0.4, -0.2) is 48.8 Å². The summed E-state index contributed by atoms with van der Waals surface area (Å²) in [5.74, 6) is -0.368. The Morgan fingerprint density at radius 1 is 1.30 bits per heavy atom. The molecule has 2 amide bonds. The maximum absolute atomic E-state index is 12.5. The number of likely N-dealkylation sites (N-methyl/N-ethyl adjacent to an activating group) is 1. The van der Waals surface area contributed by atoms with Crippen LogP contribution in [0.1, 0.15) is 23.7 Å². The van der Waals surface area contributed by atoms with E-state index < -0.39 is 0 Å². The molecule has 0 spiro atoms. The van der Waals surface area contributed by atoms with E-state index in [0.717, 1.165) is 6.42 Å². The van der Waals surface area contributed by atoms with Crippen molar-refractivity contribution in [2.24, 2.45) is 0 Å². The van der Waals surface area contributed by atoms with E-state index in [2.05, 4.69) is 12.6 Å². The average molecular weight is 315 g/mol. The molecule has 0 unspecified atom stereocenters. The van der Waals surface area contributed by atoms with Gasteiger partial charge in [-0.15, -0.1) is 12.6 Å². The molecule has 0 aliphatic heterocycles. The monoisotopic (exact) mass is 314 g/mol. The van der Waals surface area contributed by atoms with Gasteiger partial charge < -0.3 is 9.80 Å². The maximum Gasteiger partial charge on any atom is 0.255 e. The van der Waals surface area contributed by atoms with Crippen molar-refractivity contribution >= 4 is 36.0 Å². The zero-order valence-corrected chi connectivity index (χ0v) is 13.5. The van der Waals surface area contributed by atoms with Crippen molar-refractivity contribution in [1.82, 2.24) is 9.80 Å². The highest BCUT2D eigenvalue weighted by Crippen LogP contribution is 2.21. The van der Waals surface area contributed by atoms with Crippen LogP contribution in [0.2, 0.25) is 5.02 Å². The van der Waals surface area contributed by atoms with Crippen molar-refractivity contribution < 1.29 is 9.59 Å². The molecule has 4 nitrogen and oxygen atoms in total. The van der Waals surface area contributed by atoms with Gasteiger partial charge >= 0.3 is 0 Å². The number of hydrogen-bond donors (Lipinski definition) is 1. The molecule has 110 valence electrons. The lowest BCUT2D eigenvalue weighted by atomic mass is 10.2. The summed E-state index contributed by atoms with van der Waals surface area (Å²) in [7, 11) is 3.33. The third kappa shape index (κ3) is 4.42. The SMILES string of the molecule is CCCN(CC(=O)N(C)C)C(=O)c1cc(S)ccc1Cl. The van der Waals surface area contributed by atoms with E-state index in [0.29, 0.717) is 22.0 Å². The molecule has 1 aromatic carbocycles. The first-order valence-electron chi connectivity index (χ1n) is 6.34. The molecule has 0 atom stereocenters. The van der Waals surface area contributed by atoms with Gasteiger partial charge in [0.1, 0.15) is 6.54 Å². The zero-order chi connectivity index (χ0) is 15.3. The first-order valence-corrected chi connectivity index (χ1v) is 7.17. The summed E-state index contributed by atoms with van der Waals surface area (Å²) < 4.78 is 0. The Labute approximate surface area is 130 Å². The van der Waals surface area contributed by atoms with Gasteiger partial charge in [0.05, 0.1) is 10.6 Å².